The van der Waals surface area contributed by atoms with Gasteiger partial charge in [-0.2, -0.15) is 0 Å². The van der Waals surface area contributed by atoms with E-state index in [0.29, 0.717) is 0 Å². The number of esters is 2. The van der Waals surface area contributed by atoms with Crippen LogP contribution in [0.3, 0.4) is 0 Å². The number of thioether (sulfide) groups is 1. The van der Waals surface area contributed by atoms with Crippen molar-refractivity contribution in [3.05, 3.63) is 44.4 Å². The molecule has 2 N–H and O–H groups in total. The summed E-state index contributed by atoms with van der Waals surface area (Å²) in [6.07, 6.45) is 0.821. The van der Waals surface area contributed by atoms with Gasteiger partial charge in [-0.15, -0.1) is 11.8 Å². The standard InChI is InChI=1S/C19H15NO5S2/c21-9-4-2-1-3-6(9)10-11-7-5-8(13-12(7)17(22)25-18(13)23)14(11)26-16-15(10)27-19(24)20-16/h1-4,7-8,10-14,21H,5H2,(H,20,24)/t7-,8+,10+,11+,12+,13+,14-/m0/s1. The molecule has 2 aliphatic heterocycles. The molecule has 6 nitrogen and oxygen atoms in total. The molecule has 0 spiro atoms. The highest BCUT2D eigenvalue weighted by molar-refractivity contribution is 8.00. The van der Waals surface area contributed by atoms with Gasteiger partial charge in [0.2, 0.25) is 0 Å². The van der Waals surface area contributed by atoms with E-state index in [1.54, 1.807) is 23.9 Å². The largest absolute Gasteiger partial charge is 0.508 e. The number of thiazole rings is 1. The van der Waals surface area contributed by atoms with Crippen LogP contribution in [0, 0.1) is 29.6 Å². The van der Waals surface area contributed by atoms with E-state index in [4.69, 9.17) is 4.74 Å². The Morgan fingerprint density at radius 2 is 1.81 bits per heavy atom. The molecule has 3 fully saturated rings. The van der Waals surface area contributed by atoms with E-state index in [0.717, 1.165) is 21.9 Å². The molecule has 2 saturated carbocycles. The van der Waals surface area contributed by atoms with E-state index in [9.17, 15) is 19.5 Å². The normalized spacial score (nSPS) is 38.4. The number of carbonyl (C=O) groups is 2. The molecule has 0 unspecified atom stereocenters. The fourth-order valence-corrected chi connectivity index (χ4v) is 8.79. The van der Waals surface area contributed by atoms with Gasteiger partial charge in [-0.05, 0) is 30.2 Å². The maximum Gasteiger partial charge on any atom is 0.317 e. The predicted octanol–water partition coefficient (Wildman–Crippen LogP) is 2.33. The van der Waals surface area contributed by atoms with Crippen LogP contribution < -0.4 is 4.87 Å². The fraction of sp³-hybridized carbons (Fsp3) is 0.421. The molecular weight excluding hydrogens is 386 g/mol. The van der Waals surface area contributed by atoms with Gasteiger partial charge in [0.1, 0.15) is 5.75 Å². The maximum absolute atomic E-state index is 12.3. The molecule has 7 atom stereocenters. The Balaban J connectivity index is 1.55. The molecule has 138 valence electrons. The summed E-state index contributed by atoms with van der Waals surface area (Å²) < 4.78 is 4.97. The van der Waals surface area contributed by atoms with Crippen molar-refractivity contribution in [2.75, 3.05) is 0 Å². The minimum atomic E-state index is -0.398. The smallest absolute Gasteiger partial charge is 0.317 e. The van der Waals surface area contributed by atoms with Crippen molar-refractivity contribution in [1.29, 1.82) is 0 Å². The van der Waals surface area contributed by atoms with Crippen LogP contribution in [0.1, 0.15) is 22.8 Å². The molecule has 2 bridgehead atoms. The summed E-state index contributed by atoms with van der Waals surface area (Å²) in [7, 11) is 0. The summed E-state index contributed by atoms with van der Waals surface area (Å²) in [5.41, 5.74) is 0.783. The van der Waals surface area contributed by atoms with E-state index in [1.807, 2.05) is 12.1 Å². The highest BCUT2D eigenvalue weighted by Gasteiger charge is 2.69. The van der Waals surface area contributed by atoms with Crippen LogP contribution in [0.2, 0.25) is 0 Å². The molecular formula is C19H15NO5S2. The lowest BCUT2D eigenvalue weighted by molar-refractivity contribution is -0.154. The van der Waals surface area contributed by atoms with Crippen LogP contribution >= 0.6 is 23.1 Å². The molecule has 4 aliphatic rings. The Morgan fingerprint density at radius 1 is 1.07 bits per heavy atom. The Kier molecular flexibility index (Phi) is 3.11. The second-order valence-corrected chi connectivity index (χ2v) is 9.96. The number of nitrogens with one attached hydrogen (secondary N) is 1. The topological polar surface area (TPSA) is 96.5 Å². The zero-order chi connectivity index (χ0) is 18.4. The Labute approximate surface area is 161 Å². The SMILES string of the molecule is O=C1OC(=O)[C@@H]2[C@H]3C[C@H]([C@@H]12)[C@@H]1[C@@H](c2ccccc2O)c2sc(=O)[nH]c2S[C@@H]31. The number of aromatic hydroxyl groups is 1. The van der Waals surface area contributed by atoms with E-state index < -0.39 is 5.97 Å². The number of aromatic amines is 1. The number of ether oxygens (including phenoxy) is 1. The van der Waals surface area contributed by atoms with Crippen molar-refractivity contribution < 1.29 is 19.4 Å². The summed E-state index contributed by atoms with van der Waals surface area (Å²) >= 11 is 2.80. The zero-order valence-corrected chi connectivity index (χ0v) is 15.6. The van der Waals surface area contributed by atoms with E-state index >= 15 is 0 Å². The monoisotopic (exact) mass is 401 g/mol. The molecule has 6 rings (SSSR count). The van der Waals surface area contributed by atoms with E-state index in [2.05, 4.69) is 4.98 Å². The number of phenols is 1. The number of para-hydroxylation sites is 1. The highest BCUT2D eigenvalue weighted by atomic mass is 32.2. The average Bonchev–Trinajstić information content (AvgIpc) is 3.35. The van der Waals surface area contributed by atoms with Crippen molar-refractivity contribution in [3.63, 3.8) is 0 Å². The summed E-state index contributed by atoms with van der Waals surface area (Å²) in [6.45, 7) is 0. The van der Waals surface area contributed by atoms with Crippen LogP contribution in [0.15, 0.2) is 34.1 Å². The molecule has 2 aliphatic carbocycles. The lowest BCUT2D eigenvalue weighted by Gasteiger charge is -2.42. The Morgan fingerprint density at radius 3 is 2.59 bits per heavy atom. The minimum Gasteiger partial charge on any atom is -0.508 e. The summed E-state index contributed by atoms with van der Waals surface area (Å²) in [6, 6.07) is 7.20. The molecule has 0 amide bonds. The first kappa shape index (κ1) is 15.9. The van der Waals surface area contributed by atoms with Crippen molar-refractivity contribution in [1.82, 2.24) is 4.98 Å². The number of phenolic OH excluding ortho intramolecular Hbond substituents is 1. The third-order valence-corrected chi connectivity index (χ3v) is 9.32. The third kappa shape index (κ3) is 1.95. The third-order valence-electron chi connectivity index (χ3n) is 6.73. The van der Waals surface area contributed by atoms with Gasteiger partial charge in [-0.3, -0.25) is 14.4 Å². The molecule has 0 radical (unpaired) electrons. The van der Waals surface area contributed by atoms with Crippen LogP contribution in [0.4, 0.5) is 0 Å². The van der Waals surface area contributed by atoms with Gasteiger partial charge in [0.05, 0.1) is 16.9 Å². The number of carbonyl (C=O) groups excluding carboxylic acids is 2. The van der Waals surface area contributed by atoms with Crippen molar-refractivity contribution in [2.45, 2.75) is 22.6 Å². The first-order chi connectivity index (χ1) is 13.0. The summed E-state index contributed by atoms with van der Waals surface area (Å²) in [5, 5.41) is 11.5. The van der Waals surface area contributed by atoms with Crippen LogP contribution in [-0.4, -0.2) is 27.3 Å². The molecule has 1 saturated heterocycles. The predicted molar refractivity (Wildman–Crippen MR) is 97.7 cm³/mol. The zero-order valence-electron chi connectivity index (χ0n) is 14.0. The first-order valence-corrected chi connectivity index (χ1v) is 10.7. The number of H-pyrrole nitrogens is 1. The molecule has 27 heavy (non-hydrogen) atoms. The fourth-order valence-electron chi connectivity index (χ4n) is 5.91. The molecule has 3 heterocycles. The molecule has 1 aromatic carbocycles. The van der Waals surface area contributed by atoms with Crippen molar-refractivity contribution >= 4 is 35.0 Å². The number of benzene rings is 1. The number of rotatable bonds is 1. The number of aromatic nitrogens is 1. The quantitative estimate of drug-likeness (QED) is 0.562. The molecule has 1 aromatic heterocycles. The lowest BCUT2D eigenvalue weighted by atomic mass is 9.68. The Bertz CT molecular complexity index is 1060. The number of hydrogen-bond donors (Lipinski definition) is 2. The van der Waals surface area contributed by atoms with Gasteiger partial charge in [0.15, 0.2) is 0 Å². The minimum absolute atomic E-state index is 0.0337. The Hall–Kier alpha value is -2.06. The van der Waals surface area contributed by atoms with Crippen LogP contribution in [-0.2, 0) is 14.3 Å². The van der Waals surface area contributed by atoms with Gasteiger partial charge >= 0.3 is 16.8 Å². The second kappa shape index (κ2) is 5.26. The molecule has 2 aromatic rings. The van der Waals surface area contributed by atoms with Gasteiger partial charge in [-0.25, -0.2) is 0 Å². The molecule has 8 heteroatoms. The number of cyclic esters (lactones) is 2. The van der Waals surface area contributed by atoms with Gasteiger partial charge in [0.25, 0.3) is 0 Å². The van der Waals surface area contributed by atoms with Gasteiger partial charge < -0.3 is 14.8 Å². The van der Waals surface area contributed by atoms with Gasteiger partial charge in [-0.1, -0.05) is 29.5 Å². The summed E-state index contributed by atoms with van der Waals surface area (Å²) in [5.74, 6) is -1.29. The van der Waals surface area contributed by atoms with Gasteiger partial charge in [0, 0.05) is 21.6 Å². The van der Waals surface area contributed by atoms with Crippen LogP contribution in [0.5, 0.6) is 5.75 Å². The lowest BCUT2D eigenvalue weighted by Crippen LogP contribution is -2.42. The van der Waals surface area contributed by atoms with E-state index in [-0.39, 0.29) is 57.3 Å². The first-order valence-electron chi connectivity index (χ1n) is 8.97. The number of fused-ring (bicyclic) bond motifs is 9. The van der Waals surface area contributed by atoms with Crippen molar-refractivity contribution in [3.8, 4) is 5.75 Å². The summed E-state index contributed by atoms with van der Waals surface area (Å²) in [4.78, 5) is 40.4. The van der Waals surface area contributed by atoms with Crippen molar-refractivity contribution in [2.24, 2.45) is 29.6 Å². The van der Waals surface area contributed by atoms with E-state index in [1.165, 1.54) is 11.3 Å². The van der Waals surface area contributed by atoms with Crippen LogP contribution in [0.25, 0.3) is 0 Å². The maximum atomic E-state index is 12.3. The second-order valence-electron chi connectivity index (χ2n) is 7.76. The average molecular weight is 401 g/mol. The highest BCUT2D eigenvalue weighted by Crippen LogP contribution is 2.68. The number of hydrogen-bond acceptors (Lipinski definition) is 7.